The SMILES string of the molecule is COc1cccc(/C=c2\sc3nc4ccccc4c(=O)n3c2=O)c1OC(C)=O. The molecule has 7 nitrogen and oxygen atoms in total. The number of fused-ring (bicyclic) bond motifs is 2. The van der Waals surface area contributed by atoms with E-state index in [0.717, 1.165) is 15.7 Å². The molecular formula is C20H14N2O5S. The Morgan fingerprint density at radius 1 is 1.11 bits per heavy atom. The number of methoxy groups -OCH3 is 1. The summed E-state index contributed by atoms with van der Waals surface area (Å²) in [6.45, 7) is 1.28. The molecule has 2 aromatic carbocycles. The Labute approximate surface area is 162 Å². The van der Waals surface area contributed by atoms with Crippen LogP contribution in [-0.4, -0.2) is 22.5 Å². The summed E-state index contributed by atoms with van der Waals surface area (Å²) < 4.78 is 11.9. The zero-order valence-corrected chi connectivity index (χ0v) is 15.8. The van der Waals surface area contributed by atoms with E-state index in [9.17, 15) is 14.4 Å². The first-order chi connectivity index (χ1) is 13.5. The van der Waals surface area contributed by atoms with Crippen molar-refractivity contribution in [3.8, 4) is 11.5 Å². The fourth-order valence-corrected chi connectivity index (χ4v) is 3.87. The maximum Gasteiger partial charge on any atom is 0.308 e. The second kappa shape index (κ2) is 6.90. The third kappa shape index (κ3) is 2.93. The summed E-state index contributed by atoms with van der Waals surface area (Å²) in [6.07, 6.45) is 1.56. The molecule has 4 aromatic rings. The summed E-state index contributed by atoms with van der Waals surface area (Å²) >= 11 is 1.09. The topological polar surface area (TPSA) is 87.0 Å². The van der Waals surface area contributed by atoms with Crippen molar-refractivity contribution in [2.45, 2.75) is 6.92 Å². The van der Waals surface area contributed by atoms with Crippen LogP contribution in [0.2, 0.25) is 0 Å². The Hall–Kier alpha value is -3.52. The van der Waals surface area contributed by atoms with E-state index in [1.165, 1.54) is 14.0 Å². The molecular weight excluding hydrogens is 380 g/mol. The highest BCUT2D eigenvalue weighted by Gasteiger charge is 2.14. The van der Waals surface area contributed by atoms with Crippen molar-refractivity contribution in [1.29, 1.82) is 0 Å². The molecule has 0 saturated heterocycles. The van der Waals surface area contributed by atoms with Gasteiger partial charge in [0.25, 0.3) is 11.1 Å². The fraction of sp³-hybridized carbons (Fsp3) is 0.100. The Bertz CT molecular complexity index is 1400. The van der Waals surface area contributed by atoms with Gasteiger partial charge in [0.2, 0.25) is 4.96 Å². The van der Waals surface area contributed by atoms with Crippen molar-refractivity contribution in [2.75, 3.05) is 7.11 Å². The molecule has 0 aliphatic heterocycles. The molecule has 0 N–H and O–H groups in total. The van der Waals surface area contributed by atoms with E-state index in [1.54, 1.807) is 48.5 Å². The third-order valence-electron chi connectivity index (χ3n) is 4.12. The Morgan fingerprint density at radius 3 is 2.64 bits per heavy atom. The number of benzene rings is 2. The van der Waals surface area contributed by atoms with Crippen molar-refractivity contribution >= 4 is 39.2 Å². The number of carbonyl (C=O) groups is 1. The predicted octanol–water partition coefficient (Wildman–Crippen LogP) is 1.75. The number of hydrogen-bond donors (Lipinski definition) is 0. The van der Waals surface area contributed by atoms with Gasteiger partial charge in [-0.3, -0.25) is 14.4 Å². The lowest BCUT2D eigenvalue weighted by Crippen LogP contribution is -2.31. The number of esters is 1. The van der Waals surface area contributed by atoms with Crippen LogP contribution >= 0.6 is 11.3 Å². The molecule has 0 amide bonds. The zero-order valence-electron chi connectivity index (χ0n) is 15.0. The van der Waals surface area contributed by atoms with Gasteiger partial charge in [-0.1, -0.05) is 35.6 Å². The highest BCUT2D eigenvalue weighted by atomic mass is 32.1. The van der Waals surface area contributed by atoms with E-state index >= 15 is 0 Å². The quantitative estimate of drug-likeness (QED) is 0.389. The van der Waals surface area contributed by atoms with Gasteiger partial charge in [-0.15, -0.1) is 0 Å². The lowest BCUT2D eigenvalue weighted by Gasteiger charge is -2.10. The summed E-state index contributed by atoms with van der Waals surface area (Å²) in [7, 11) is 1.46. The molecule has 4 rings (SSSR count). The molecule has 0 bridgehead atoms. The molecule has 0 unspecified atom stereocenters. The van der Waals surface area contributed by atoms with Gasteiger partial charge in [0.05, 0.1) is 22.5 Å². The lowest BCUT2D eigenvalue weighted by molar-refractivity contribution is -0.132. The maximum absolute atomic E-state index is 12.8. The first kappa shape index (κ1) is 17.9. The number of nitrogens with zero attached hydrogens (tertiary/aromatic N) is 2. The van der Waals surface area contributed by atoms with Gasteiger partial charge in [0.1, 0.15) is 0 Å². The largest absolute Gasteiger partial charge is 0.493 e. The number of rotatable bonds is 3. The molecule has 140 valence electrons. The number of para-hydroxylation sites is 2. The lowest BCUT2D eigenvalue weighted by atomic mass is 10.2. The molecule has 0 aliphatic carbocycles. The smallest absolute Gasteiger partial charge is 0.308 e. The van der Waals surface area contributed by atoms with Crippen LogP contribution in [0.5, 0.6) is 11.5 Å². The van der Waals surface area contributed by atoms with Gasteiger partial charge in [-0.2, -0.15) is 0 Å². The first-order valence-electron chi connectivity index (χ1n) is 8.31. The van der Waals surface area contributed by atoms with Gasteiger partial charge in [0.15, 0.2) is 11.5 Å². The fourth-order valence-electron chi connectivity index (χ4n) is 2.90. The van der Waals surface area contributed by atoms with E-state index in [2.05, 4.69) is 4.98 Å². The van der Waals surface area contributed by atoms with Gasteiger partial charge in [-0.05, 0) is 24.3 Å². The standard InChI is InChI=1S/C20H14N2O5S/c1-11(23)27-17-12(6-5-9-15(17)26-2)10-16-19(25)22-18(24)13-7-3-4-8-14(13)21-20(22)28-16/h3-10H,1-2H3/b16-10-. The Kier molecular flexibility index (Phi) is 4.40. The minimum Gasteiger partial charge on any atom is -0.493 e. The van der Waals surface area contributed by atoms with Crippen LogP contribution in [0, 0.1) is 0 Å². The summed E-state index contributed by atoms with van der Waals surface area (Å²) in [5, 5.41) is 0.378. The van der Waals surface area contributed by atoms with Crippen LogP contribution in [0.15, 0.2) is 52.1 Å². The highest BCUT2D eigenvalue weighted by molar-refractivity contribution is 7.15. The normalized spacial score (nSPS) is 11.9. The van der Waals surface area contributed by atoms with E-state index in [4.69, 9.17) is 9.47 Å². The molecule has 0 atom stereocenters. The number of thiazole rings is 1. The minimum absolute atomic E-state index is 0.208. The molecule has 0 saturated carbocycles. The Balaban J connectivity index is 2.02. The van der Waals surface area contributed by atoms with Crippen LogP contribution < -0.4 is 25.1 Å². The van der Waals surface area contributed by atoms with E-state index in [1.807, 2.05) is 0 Å². The molecule has 2 aromatic heterocycles. The number of hydrogen-bond acceptors (Lipinski definition) is 7. The summed E-state index contributed by atoms with van der Waals surface area (Å²) in [6, 6.07) is 11.9. The monoisotopic (exact) mass is 394 g/mol. The molecule has 8 heteroatoms. The molecule has 0 spiro atoms. The highest BCUT2D eigenvalue weighted by Crippen LogP contribution is 2.31. The van der Waals surface area contributed by atoms with E-state index < -0.39 is 17.1 Å². The summed E-state index contributed by atoms with van der Waals surface area (Å²) in [4.78, 5) is 41.7. The Morgan fingerprint density at radius 2 is 1.89 bits per heavy atom. The van der Waals surface area contributed by atoms with Gasteiger partial charge in [-0.25, -0.2) is 9.38 Å². The average Bonchev–Trinajstić information content (AvgIpc) is 2.98. The van der Waals surface area contributed by atoms with Crippen LogP contribution in [-0.2, 0) is 4.79 Å². The predicted molar refractivity (Wildman–Crippen MR) is 106 cm³/mol. The van der Waals surface area contributed by atoms with Crippen LogP contribution in [0.1, 0.15) is 12.5 Å². The minimum atomic E-state index is -0.512. The summed E-state index contributed by atoms with van der Waals surface area (Å²) in [5.41, 5.74) is 0.130. The van der Waals surface area contributed by atoms with Crippen LogP contribution in [0.3, 0.4) is 0 Å². The summed E-state index contributed by atoms with van der Waals surface area (Å²) in [5.74, 6) is 0.0559. The number of aromatic nitrogens is 2. The van der Waals surface area contributed by atoms with Gasteiger partial charge >= 0.3 is 5.97 Å². The number of ether oxygens (including phenoxy) is 2. The number of carbonyl (C=O) groups excluding carboxylic acids is 1. The second-order valence-corrected chi connectivity index (χ2v) is 6.95. The molecule has 0 aliphatic rings. The second-order valence-electron chi connectivity index (χ2n) is 5.94. The van der Waals surface area contributed by atoms with Crippen molar-refractivity contribution in [3.05, 3.63) is 73.3 Å². The van der Waals surface area contributed by atoms with Crippen molar-refractivity contribution in [1.82, 2.24) is 9.38 Å². The first-order valence-corrected chi connectivity index (χ1v) is 9.12. The average molecular weight is 394 g/mol. The van der Waals surface area contributed by atoms with Crippen molar-refractivity contribution in [3.63, 3.8) is 0 Å². The van der Waals surface area contributed by atoms with Crippen LogP contribution in [0.25, 0.3) is 21.9 Å². The molecule has 28 heavy (non-hydrogen) atoms. The van der Waals surface area contributed by atoms with Gasteiger partial charge in [0, 0.05) is 12.5 Å². The van der Waals surface area contributed by atoms with E-state index in [0.29, 0.717) is 31.7 Å². The van der Waals surface area contributed by atoms with E-state index in [-0.39, 0.29) is 5.75 Å². The van der Waals surface area contributed by atoms with Gasteiger partial charge < -0.3 is 9.47 Å². The van der Waals surface area contributed by atoms with Crippen molar-refractivity contribution < 1.29 is 14.3 Å². The third-order valence-corrected chi connectivity index (χ3v) is 5.09. The zero-order chi connectivity index (χ0) is 19.8. The van der Waals surface area contributed by atoms with Crippen LogP contribution in [0.4, 0.5) is 0 Å². The van der Waals surface area contributed by atoms with Crippen molar-refractivity contribution in [2.24, 2.45) is 0 Å². The maximum atomic E-state index is 12.8. The molecule has 2 heterocycles. The molecule has 0 radical (unpaired) electrons. The molecule has 0 fully saturated rings.